The summed E-state index contributed by atoms with van der Waals surface area (Å²) in [5, 5.41) is 13.0. The molecule has 0 aliphatic heterocycles. The Kier molecular flexibility index (Phi) is 6.11. The second-order valence-corrected chi connectivity index (χ2v) is 4.87. The van der Waals surface area contributed by atoms with E-state index < -0.39 is 11.0 Å². The molecule has 1 aromatic heterocycles. The van der Waals surface area contributed by atoms with Crippen LogP contribution < -0.4 is 5.32 Å². The van der Waals surface area contributed by atoms with Gasteiger partial charge in [0.05, 0.1) is 11.5 Å². The van der Waals surface area contributed by atoms with E-state index in [-0.39, 0.29) is 24.0 Å². The van der Waals surface area contributed by atoms with Crippen LogP contribution >= 0.6 is 11.6 Å². The van der Waals surface area contributed by atoms with Crippen LogP contribution in [0.1, 0.15) is 11.1 Å². The van der Waals surface area contributed by atoms with Gasteiger partial charge in [-0.1, -0.05) is 53.8 Å². The predicted molar refractivity (Wildman–Crippen MR) is 87.4 cm³/mol. The van der Waals surface area contributed by atoms with Gasteiger partial charge in [-0.05, 0) is 5.56 Å². The number of ether oxygens (including phenoxy) is 1. The van der Waals surface area contributed by atoms with Crippen LogP contribution in [0.25, 0.3) is 0 Å². The molecule has 0 aliphatic rings. The number of hydrogen-bond acceptors (Lipinski definition) is 5. The molecule has 24 heavy (non-hydrogen) atoms. The third-order valence-corrected chi connectivity index (χ3v) is 3.08. The number of halogens is 1. The van der Waals surface area contributed by atoms with E-state index in [0.29, 0.717) is 5.56 Å². The fourth-order valence-electron chi connectivity index (χ4n) is 1.67. The van der Waals surface area contributed by atoms with E-state index in [2.05, 4.69) is 22.1 Å². The lowest BCUT2D eigenvalue weighted by Crippen LogP contribution is -2.24. The largest absolute Gasteiger partial charge is 0.445 e. The number of aromatic nitrogens is 1. The minimum atomic E-state index is -0.639. The van der Waals surface area contributed by atoms with Crippen LogP contribution in [0.2, 0.25) is 5.15 Å². The van der Waals surface area contributed by atoms with Crippen molar-refractivity contribution < 1.29 is 14.5 Å². The molecular weight excluding hydrogens is 334 g/mol. The Morgan fingerprint density at radius 2 is 2.12 bits per heavy atom. The summed E-state index contributed by atoms with van der Waals surface area (Å²) in [7, 11) is 0. The summed E-state index contributed by atoms with van der Waals surface area (Å²) in [6.07, 6.45) is 0.712. The number of benzene rings is 1. The van der Waals surface area contributed by atoms with Gasteiger partial charge in [0.1, 0.15) is 6.61 Å². The highest BCUT2D eigenvalue weighted by atomic mass is 35.5. The third-order valence-electron chi connectivity index (χ3n) is 2.78. The summed E-state index contributed by atoms with van der Waals surface area (Å²) in [4.78, 5) is 25.3. The molecule has 0 radical (unpaired) electrons. The van der Waals surface area contributed by atoms with Gasteiger partial charge in [-0.15, -0.1) is 0 Å². The standard InChI is InChI=1S/C16H12ClN3O4/c17-15-14(20(22)23)9-13(10-19-15)7-4-8-18-16(21)24-11-12-5-2-1-3-6-12/h1-3,5-6,9-10H,8,11H2,(H,18,21). The second kappa shape index (κ2) is 8.50. The van der Waals surface area contributed by atoms with Gasteiger partial charge in [0.15, 0.2) is 0 Å². The Morgan fingerprint density at radius 3 is 2.83 bits per heavy atom. The van der Waals surface area contributed by atoms with Gasteiger partial charge in [-0.3, -0.25) is 10.1 Å². The van der Waals surface area contributed by atoms with Crippen molar-refractivity contribution in [2.75, 3.05) is 6.54 Å². The number of carbonyl (C=O) groups excluding carboxylic acids is 1. The van der Waals surface area contributed by atoms with Crippen LogP contribution in [-0.2, 0) is 11.3 Å². The highest BCUT2D eigenvalue weighted by Gasteiger charge is 2.13. The van der Waals surface area contributed by atoms with Crippen LogP contribution in [0, 0.1) is 22.0 Å². The molecule has 8 heteroatoms. The van der Waals surface area contributed by atoms with E-state index in [4.69, 9.17) is 16.3 Å². The predicted octanol–water partition coefficient (Wildman–Crippen LogP) is 2.92. The zero-order valence-corrected chi connectivity index (χ0v) is 13.1. The zero-order chi connectivity index (χ0) is 17.4. The van der Waals surface area contributed by atoms with Crippen molar-refractivity contribution in [1.29, 1.82) is 0 Å². The lowest BCUT2D eigenvalue weighted by Gasteiger charge is -2.04. The molecule has 1 N–H and O–H groups in total. The summed E-state index contributed by atoms with van der Waals surface area (Å²) in [5.41, 5.74) is 0.877. The van der Waals surface area contributed by atoms with Crippen LogP contribution in [-0.4, -0.2) is 22.5 Å². The first-order valence-corrected chi connectivity index (χ1v) is 7.17. The van der Waals surface area contributed by atoms with E-state index in [1.54, 1.807) is 0 Å². The first-order chi connectivity index (χ1) is 11.6. The number of rotatable bonds is 4. The van der Waals surface area contributed by atoms with Gasteiger partial charge in [0.2, 0.25) is 5.15 Å². The van der Waals surface area contributed by atoms with Gasteiger partial charge in [-0.25, -0.2) is 9.78 Å². The molecule has 0 unspecified atom stereocenters. The average Bonchev–Trinajstić information content (AvgIpc) is 2.59. The number of nitro groups is 1. The van der Waals surface area contributed by atoms with Crippen molar-refractivity contribution in [3.63, 3.8) is 0 Å². The Hall–Kier alpha value is -3.11. The summed E-state index contributed by atoms with van der Waals surface area (Å²) in [6.45, 7) is 0.192. The van der Waals surface area contributed by atoms with Gasteiger partial charge >= 0.3 is 11.8 Å². The molecule has 1 aromatic carbocycles. The number of nitrogens with zero attached hydrogens (tertiary/aromatic N) is 2. The smallest absolute Gasteiger partial charge is 0.408 e. The van der Waals surface area contributed by atoms with E-state index in [1.165, 1.54) is 12.3 Å². The molecular formula is C16H12ClN3O4. The molecule has 0 saturated heterocycles. The topological polar surface area (TPSA) is 94.4 Å². The van der Waals surface area contributed by atoms with Crippen molar-refractivity contribution in [3.8, 4) is 11.8 Å². The Morgan fingerprint density at radius 1 is 1.38 bits per heavy atom. The minimum absolute atomic E-state index is 0.0318. The summed E-state index contributed by atoms with van der Waals surface area (Å²) < 4.78 is 5.01. The average molecular weight is 346 g/mol. The maximum atomic E-state index is 11.5. The molecule has 0 atom stereocenters. The van der Waals surface area contributed by atoms with E-state index >= 15 is 0 Å². The Labute approximate surface area is 142 Å². The van der Waals surface area contributed by atoms with Crippen LogP contribution in [0.3, 0.4) is 0 Å². The number of pyridine rings is 1. The quantitative estimate of drug-likeness (QED) is 0.398. The molecule has 2 rings (SSSR count). The van der Waals surface area contributed by atoms with E-state index in [1.807, 2.05) is 30.3 Å². The Balaban J connectivity index is 1.82. The highest BCUT2D eigenvalue weighted by Crippen LogP contribution is 2.21. The van der Waals surface area contributed by atoms with Crippen molar-refractivity contribution in [3.05, 3.63) is 69.0 Å². The molecule has 0 bridgehead atoms. The van der Waals surface area contributed by atoms with Gasteiger partial charge in [0.25, 0.3) is 0 Å². The van der Waals surface area contributed by atoms with Crippen LogP contribution in [0.5, 0.6) is 0 Å². The molecule has 1 heterocycles. The van der Waals surface area contributed by atoms with Crippen molar-refractivity contribution in [2.24, 2.45) is 0 Å². The fourth-order valence-corrected chi connectivity index (χ4v) is 1.84. The van der Waals surface area contributed by atoms with E-state index in [0.717, 1.165) is 5.56 Å². The van der Waals surface area contributed by atoms with Gasteiger partial charge in [-0.2, -0.15) is 0 Å². The van der Waals surface area contributed by atoms with Crippen molar-refractivity contribution in [1.82, 2.24) is 10.3 Å². The minimum Gasteiger partial charge on any atom is -0.445 e. The normalized spacial score (nSPS) is 9.54. The van der Waals surface area contributed by atoms with Crippen LogP contribution in [0.4, 0.5) is 10.5 Å². The van der Waals surface area contributed by atoms with Crippen molar-refractivity contribution >= 4 is 23.4 Å². The molecule has 0 fully saturated rings. The summed E-state index contributed by atoms with van der Waals surface area (Å²) in [6, 6.07) is 10.5. The first-order valence-electron chi connectivity index (χ1n) is 6.79. The maximum Gasteiger partial charge on any atom is 0.408 e. The van der Waals surface area contributed by atoms with Crippen molar-refractivity contribution in [2.45, 2.75) is 6.61 Å². The lowest BCUT2D eigenvalue weighted by atomic mass is 10.2. The monoisotopic (exact) mass is 345 g/mol. The van der Waals surface area contributed by atoms with Gasteiger partial charge < -0.3 is 10.1 Å². The first kappa shape index (κ1) is 17.2. The SMILES string of the molecule is O=C(NCC#Cc1cnc(Cl)c([N+](=O)[O-])c1)OCc1ccccc1. The Bertz CT molecular complexity index is 800. The third kappa shape index (κ3) is 5.26. The molecule has 2 aromatic rings. The second-order valence-electron chi connectivity index (χ2n) is 4.51. The molecule has 1 amide bonds. The molecule has 7 nitrogen and oxygen atoms in total. The summed E-state index contributed by atoms with van der Waals surface area (Å²) >= 11 is 5.60. The number of carbonyl (C=O) groups is 1. The highest BCUT2D eigenvalue weighted by molar-refractivity contribution is 6.31. The van der Waals surface area contributed by atoms with Gasteiger partial charge in [0, 0.05) is 17.8 Å². The number of alkyl carbamates (subject to hydrolysis) is 1. The van der Waals surface area contributed by atoms with Crippen LogP contribution in [0.15, 0.2) is 42.6 Å². The molecule has 0 spiro atoms. The maximum absolute atomic E-state index is 11.5. The fraction of sp³-hybridized carbons (Fsp3) is 0.125. The number of hydrogen-bond donors (Lipinski definition) is 1. The lowest BCUT2D eigenvalue weighted by molar-refractivity contribution is -0.385. The summed E-state index contributed by atoms with van der Waals surface area (Å²) in [5.74, 6) is 5.30. The number of nitrogens with one attached hydrogen (secondary N) is 1. The number of amides is 1. The van der Waals surface area contributed by atoms with E-state index in [9.17, 15) is 14.9 Å². The molecule has 0 saturated carbocycles. The molecule has 0 aliphatic carbocycles. The zero-order valence-electron chi connectivity index (χ0n) is 12.4. The molecule has 122 valence electrons.